The summed E-state index contributed by atoms with van der Waals surface area (Å²) in [4.78, 5) is 13.1. The molecule has 0 aromatic heterocycles. The third-order valence-electron chi connectivity index (χ3n) is 5.00. The van der Waals surface area contributed by atoms with Crippen molar-refractivity contribution in [3.63, 3.8) is 0 Å². The highest BCUT2D eigenvalue weighted by molar-refractivity contribution is 7.89. The number of anilines is 1. The van der Waals surface area contributed by atoms with E-state index in [0.717, 1.165) is 43.4 Å². The van der Waals surface area contributed by atoms with Crippen LogP contribution in [0.3, 0.4) is 0 Å². The number of hydrogen-bond donors (Lipinski definition) is 2. The number of carbonyl (C=O) groups is 1. The second kappa shape index (κ2) is 8.29. The topological polar surface area (TPSA) is 86.7 Å². The van der Waals surface area contributed by atoms with Crippen LogP contribution >= 0.6 is 0 Å². The number of nitrogens with one attached hydrogen (secondary N) is 1. The summed E-state index contributed by atoms with van der Waals surface area (Å²) < 4.78 is 22.8. The average Bonchev–Trinajstić information content (AvgIpc) is 2.53. The van der Waals surface area contributed by atoms with Crippen LogP contribution in [-0.4, -0.2) is 48.9 Å². The van der Waals surface area contributed by atoms with Crippen LogP contribution in [0.4, 0.5) is 10.5 Å². The number of amides is 1. The van der Waals surface area contributed by atoms with Crippen LogP contribution in [0.15, 0.2) is 24.3 Å². The van der Waals surface area contributed by atoms with Crippen LogP contribution in [0.1, 0.15) is 51.5 Å². The third-order valence-corrected chi connectivity index (χ3v) is 5.85. The van der Waals surface area contributed by atoms with Crippen LogP contribution in [0.25, 0.3) is 0 Å². The normalized spacial score (nSPS) is 23.7. The molecule has 0 saturated carbocycles. The Morgan fingerprint density at radius 2 is 2.00 bits per heavy atom. The van der Waals surface area contributed by atoms with Crippen molar-refractivity contribution >= 4 is 21.6 Å². The van der Waals surface area contributed by atoms with Crippen molar-refractivity contribution in [3.8, 4) is 0 Å². The minimum absolute atomic E-state index is 0.0307. The highest BCUT2D eigenvalue weighted by atomic mass is 32.2. The van der Waals surface area contributed by atoms with E-state index in [1.165, 1.54) is 6.26 Å². The lowest BCUT2D eigenvalue weighted by Gasteiger charge is -2.45. The van der Waals surface area contributed by atoms with Crippen LogP contribution in [0.2, 0.25) is 0 Å². The zero-order valence-electron chi connectivity index (χ0n) is 15.9. The number of benzene rings is 1. The van der Waals surface area contributed by atoms with E-state index in [4.69, 9.17) is 0 Å². The fraction of sp³-hybridized carbons (Fsp3) is 0.632. The fourth-order valence-corrected chi connectivity index (χ4v) is 4.48. The molecule has 1 aliphatic heterocycles. The largest absolute Gasteiger partial charge is 0.465 e. The molecule has 0 spiro atoms. The number of sulfone groups is 1. The summed E-state index contributed by atoms with van der Waals surface area (Å²) in [7, 11) is -3.04. The van der Waals surface area contributed by atoms with Gasteiger partial charge in [0.2, 0.25) is 0 Å². The van der Waals surface area contributed by atoms with Crippen molar-refractivity contribution in [2.45, 2.75) is 63.3 Å². The van der Waals surface area contributed by atoms with Gasteiger partial charge in [-0.2, -0.15) is 0 Å². The number of carboxylic acid groups (broad SMARTS) is 1. The highest BCUT2D eigenvalue weighted by Gasteiger charge is 2.38. The van der Waals surface area contributed by atoms with Crippen molar-refractivity contribution in [1.29, 1.82) is 0 Å². The van der Waals surface area contributed by atoms with Gasteiger partial charge in [0.05, 0.1) is 5.75 Å². The van der Waals surface area contributed by atoms with Crippen molar-refractivity contribution < 1.29 is 18.3 Å². The monoisotopic (exact) mass is 382 g/mol. The fourth-order valence-electron chi connectivity index (χ4n) is 3.68. The summed E-state index contributed by atoms with van der Waals surface area (Å²) in [6.45, 7) is 4.78. The molecule has 0 aliphatic carbocycles. The predicted octanol–water partition coefficient (Wildman–Crippen LogP) is 3.73. The number of rotatable bonds is 7. The van der Waals surface area contributed by atoms with Gasteiger partial charge < -0.3 is 15.3 Å². The average molecular weight is 383 g/mol. The molecule has 1 aromatic rings. The summed E-state index contributed by atoms with van der Waals surface area (Å²) in [5.41, 5.74) is 1.52. The molecule has 2 atom stereocenters. The zero-order chi connectivity index (χ0) is 19.4. The lowest BCUT2D eigenvalue weighted by atomic mass is 9.83. The van der Waals surface area contributed by atoms with E-state index < -0.39 is 15.9 Å². The second-order valence-corrected chi connectivity index (χ2v) is 9.82. The van der Waals surface area contributed by atoms with E-state index in [1.54, 1.807) is 4.90 Å². The summed E-state index contributed by atoms with van der Waals surface area (Å²) in [5, 5.41) is 13.0. The SMILES string of the molecule is CCCCC1CC(C)(Nc2ccc(CS(C)(=O)=O)cc2)CCN1C(=O)O. The van der Waals surface area contributed by atoms with Gasteiger partial charge in [-0.05, 0) is 43.9 Å². The zero-order valence-corrected chi connectivity index (χ0v) is 16.7. The molecule has 1 aromatic carbocycles. The van der Waals surface area contributed by atoms with Gasteiger partial charge >= 0.3 is 6.09 Å². The molecular weight excluding hydrogens is 352 g/mol. The molecule has 0 bridgehead atoms. The number of piperidine rings is 1. The minimum atomic E-state index is -3.04. The lowest BCUT2D eigenvalue weighted by Crippen LogP contribution is -2.54. The molecule has 1 aliphatic rings. The van der Waals surface area contributed by atoms with E-state index in [2.05, 4.69) is 19.2 Å². The molecule has 2 rings (SSSR count). The first kappa shape index (κ1) is 20.6. The van der Waals surface area contributed by atoms with Crippen molar-refractivity contribution in [2.24, 2.45) is 0 Å². The molecule has 7 heteroatoms. The van der Waals surface area contributed by atoms with Gasteiger partial charge in [-0.3, -0.25) is 0 Å². The van der Waals surface area contributed by atoms with Gasteiger partial charge in [-0.15, -0.1) is 0 Å². The molecule has 0 radical (unpaired) electrons. The van der Waals surface area contributed by atoms with Crippen LogP contribution in [-0.2, 0) is 15.6 Å². The van der Waals surface area contributed by atoms with Gasteiger partial charge in [0, 0.05) is 30.1 Å². The van der Waals surface area contributed by atoms with E-state index in [9.17, 15) is 18.3 Å². The van der Waals surface area contributed by atoms with Crippen LogP contribution < -0.4 is 5.32 Å². The molecule has 2 N–H and O–H groups in total. The number of hydrogen-bond acceptors (Lipinski definition) is 4. The Morgan fingerprint density at radius 3 is 2.54 bits per heavy atom. The van der Waals surface area contributed by atoms with Gasteiger partial charge in [0.15, 0.2) is 9.84 Å². The molecule has 26 heavy (non-hydrogen) atoms. The van der Waals surface area contributed by atoms with Crippen molar-refractivity contribution in [1.82, 2.24) is 4.90 Å². The molecular formula is C19H30N2O4S. The van der Waals surface area contributed by atoms with E-state index in [1.807, 2.05) is 24.3 Å². The Kier molecular flexibility index (Phi) is 6.55. The first-order chi connectivity index (χ1) is 12.1. The van der Waals surface area contributed by atoms with Crippen LogP contribution in [0.5, 0.6) is 0 Å². The Labute approximate surface area is 156 Å². The smallest absolute Gasteiger partial charge is 0.407 e. The summed E-state index contributed by atoms with van der Waals surface area (Å²) in [6.07, 6.45) is 4.86. The molecule has 1 fully saturated rings. The molecule has 1 amide bonds. The summed E-state index contributed by atoms with van der Waals surface area (Å²) in [6, 6.07) is 7.48. The summed E-state index contributed by atoms with van der Waals surface area (Å²) >= 11 is 0. The molecule has 2 unspecified atom stereocenters. The maximum Gasteiger partial charge on any atom is 0.407 e. The number of nitrogens with zero attached hydrogens (tertiary/aromatic N) is 1. The second-order valence-electron chi connectivity index (χ2n) is 7.68. The Hall–Kier alpha value is -1.76. The van der Waals surface area contributed by atoms with E-state index >= 15 is 0 Å². The summed E-state index contributed by atoms with van der Waals surface area (Å²) in [5.74, 6) is 0.0389. The van der Waals surface area contributed by atoms with E-state index in [0.29, 0.717) is 6.54 Å². The lowest BCUT2D eigenvalue weighted by molar-refractivity contribution is 0.0848. The highest BCUT2D eigenvalue weighted by Crippen LogP contribution is 2.32. The first-order valence-corrected chi connectivity index (χ1v) is 11.2. The maximum absolute atomic E-state index is 11.5. The standard InChI is InChI=1S/C19H30N2O4S/c1-4-5-6-17-13-19(2,11-12-21(17)18(22)23)20-16-9-7-15(8-10-16)14-26(3,24)25/h7-10,17,20H,4-6,11-14H2,1-3H3,(H,22,23). The minimum Gasteiger partial charge on any atom is -0.465 e. The Balaban J connectivity index is 2.06. The van der Waals surface area contributed by atoms with Gasteiger partial charge in [-0.25, -0.2) is 13.2 Å². The molecule has 6 nitrogen and oxygen atoms in total. The van der Waals surface area contributed by atoms with E-state index in [-0.39, 0.29) is 17.3 Å². The van der Waals surface area contributed by atoms with Gasteiger partial charge in [-0.1, -0.05) is 31.9 Å². The third kappa shape index (κ3) is 5.90. The molecule has 1 heterocycles. The first-order valence-electron chi connectivity index (χ1n) is 9.16. The van der Waals surface area contributed by atoms with Crippen molar-refractivity contribution in [3.05, 3.63) is 29.8 Å². The quantitative estimate of drug-likeness (QED) is 0.750. The predicted molar refractivity (Wildman–Crippen MR) is 104 cm³/mol. The number of likely N-dealkylation sites (tertiary alicyclic amines) is 1. The van der Waals surface area contributed by atoms with Gasteiger partial charge in [0.25, 0.3) is 0 Å². The number of unbranched alkanes of at least 4 members (excludes halogenated alkanes) is 1. The van der Waals surface area contributed by atoms with Gasteiger partial charge in [0.1, 0.15) is 0 Å². The maximum atomic E-state index is 11.5. The molecule has 1 saturated heterocycles. The Bertz CT molecular complexity index is 718. The van der Waals surface area contributed by atoms with Crippen LogP contribution in [0, 0.1) is 0 Å². The Morgan fingerprint density at radius 1 is 1.35 bits per heavy atom. The molecule has 146 valence electrons. The van der Waals surface area contributed by atoms with Crippen molar-refractivity contribution in [2.75, 3.05) is 18.1 Å².